The molecular weight excluding hydrogens is 640 g/mol. The molecule has 0 spiro atoms. The Hall–Kier alpha value is -3.66. The Kier molecular flexibility index (Phi) is 10.4. The largest absolute Gasteiger partial charge is 0.378 e. The fourth-order valence-corrected chi connectivity index (χ4v) is 6.27. The summed E-state index contributed by atoms with van der Waals surface area (Å²) in [6.07, 6.45) is 1.51. The van der Waals surface area contributed by atoms with E-state index in [0.717, 1.165) is 17.7 Å². The maximum atomic E-state index is 12.8. The van der Waals surface area contributed by atoms with Gasteiger partial charge in [-0.2, -0.15) is 18.2 Å². The van der Waals surface area contributed by atoms with Crippen LogP contribution in [0.3, 0.4) is 0 Å². The van der Waals surface area contributed by atoms with E-state index >= 15 is 0 Å². The highest BCUT2D eigenvalue weighted by atomic mass is 79.9. The molecule has 15 heteroatoms. The number of aryl methyl sites for hydroxylation is 1. The number of nitrogens with zero attached hydrogens (tertiary/aromatic N) is 2. The van der Waals surface area contributed by atoms with E-state index in [0.29, 0.717) is 5.56 Å². The highest BCUT2D eigenvalue weighted by Gasteiger charge is 2.26. The van der Waals surface area contributed by atoms with Crippen molar-refractivity contribution >= 4 is 53.9 Å². The van der Waals surface area contributed by atoms with E-state index in [1.165, 1.54) is 48.7 Å². The molecule has 0 bridgehead atoms. The predicted octanol–water partition coefficient (Wildman–Crippen LogP) is 4.28. The Labute approximate surface area is 246 Å². The van der Waals surface area contributed by atoms with Crippen LogP contribution in [0.25, 0.3) is 0 Å². The van der Waals surface area contributed by atoms with E-state index in [1.54, 1.807) is 12.1 Å². The molecule has 3 aromatic carbocycles. The lowest BCUT2D eigenvalue weighted by atomic mass is 10.0. The van der Waals surface area contributed by atoms with Gasteiger partial charge in [-0.15, -0.1) is 0 Å². The second-order valence-corrected chi connectivity index (χ2v) is 13.4. The zero-order chi connectivity index (χ0) is 30.4. The summed E-state index contributed by atoms with van der Waals surface area (Å²) in [6, 6.07) is 13.9. The molecule has 3 rings (SSSR count). The number of nitrogens with one attached hydrogen (secondary N) is 2. The van der Waals surface area contributed by atoms with Gasteiger partial charge in [-0.25, -0.2) is 13.8 Å². The Morgan fingerprint density at radius 3 is 2.34 bits per heavy atom. The first-order valence-electron chi connectivity index (χ1n) is 12.1. The lowest BCUT2D eigenvalue weighted by Crippen LogP contribution is -2.46. The third-order valence-electron chi connectivity index (χ3n) is 5.51. The molecule has 0 saturated heterocycles. The number of nitro benzene ring substituents is 1. The highest BCUT2D eigenvalue weighted by Crippen LogP contribution is 2.29. The molecule has 3 aromatic rings. The van der Waals surface area contributed by atoms with Gasteiger partial charge in [0.1, 0.15) is 10.9 Å². The molecular formula is C26H27BrN4O8S2. The summed E-state index contributed by atoms with van der Waals surface area (Å²) in [5.74, 6) is -0.745. The van der Waals surface area contributed by atoms with Crippen molar-refractivity contribution in [1.29, 1.82) is 0 Å². The van der Waals surface area contributed by atoms with Gasteiger partial charge in [0, 0.05) is 12.1 Å². The number of hydrogen-bond acceptors (Lipinski definition) is 9. The second-order valence-electron chi connectivity index (χ2n) is 9.33. The number of benzene rings is 3. The SMILES string of the molecule is Cc1ccc(S(=O)(=O)N[C@H](CC(C)C)C(=O)N/N=C\c2ccc(OS(=O)(=O)c3cccc([N+](=O)[O-])c3)c(Br)c2)cc1. The third-order valence-corrected chi connectivity index (χ3v) is 8.85. The Morgan fingerprint density at radius 1 is 1.05 bits per heavy atom. The van der Waals surface area contributed by atoms with E-state index in [2.05, 4.69) is 31.2 Å². The Morgan fingerprint density at radius 2 is 1.73 bits per heavy atom. The van der Waals surface area contributed by atoms with Crippen LogP contribution >= 0.6 is 15.9 Å². The average Bonchev–Trinajstić information content (AvgIpc) is 2.89. The van der Waals surface area contributed by atoms with E-state index in [-0.39, 0.29) is 32.4 Å². The van der Waals surface area contributed by atoms with Gasteiger partial charge >= 0.3 is 10.1 Å². The monoisotopic (exact) mass is 666 g/mol. The van der Waals surface area contributed by atoms with Gasteiger partial charge in [-0.3, -0.25) is 14.9 Å². The number of amides is 1. The standard InChI is InChI=1S/C26H27BrN4O8S2/c1-17(2)13-24(30-40(35,36)21-10-7-18(3)8-11-21)26(32)29-28-16-19-9-12-25(23(27)14-19)39-41(37,38)22-6-4-5-20(15-22)31(33)34/h4-12,14-17,24,30H,13H2,1-3H3,(H,29,32)/b28-16-/t24-/m1/s1. The zero-order valence-electron chi connectivity index (χ0n) is 22.1. The van der Waals surface area contributed by atoms with Crippen LogP contribution in [0, 0.1) is 23.0 Å². The summed E-state index contributed by atoms with van der Waals surface area (Å²) in [5, 5.41) is 14.9. The lowest BCUT2D eigenvalue weighted by molar-refractivity contribution is -0.385. The van der Waals surface area contributed by atoms with E-state index in [9.17, 15) is 31.7 Å². The maximum Gasteiger partial charge on any atom is 0.339 e. The van der Waals surface area contributed by atoms with Crippen LogP contribution in [-0.2, 0) is 24.9 Å². The molecule has 41 heavy (non-hydrogen) atoms. The van der Waals surface area contributed by atoms with Crippen molar-refractivity contribution in [3.63, 3.8) is 0 Å². The number of rotatable bonds is 12. The number of non-ortho nitro benzene ring substituents is 1. The molecule has 218 valence electrons. The minimum absolute atomic E-state index is 0.00255. The lowest BCUT2D eigenvalue weighted by Gasteiger charge is -2.19. The van der Waals surface area contributed by atoms with Crippen LogP contribution < -0.4 is 14.3 Å². The molecule has 0 unspecified atom stereocenters. The van der Waals surface area contributed by atoms with E-state index in [1.807, 2.05) is 20.8 Å². The summed E-state index contributed by atoms with van der Waals surface area (Å²) < 4.78 is 58.7. The van der Waals surface area contributed by atoms with Crippen LogP contribution in [0.15, 0.2) is 86.1 Å². The number of sulfonamides is 1. The number of carbonyl (C=O) groups excluding carboxylic acids is 1. The fourth-order valence-electron chi connectivity index (χ4n) is 3.49. The van der Waals surface area contributed by atoms with E-state index in [4.69, 9.17) is 4.18 Å². The summed E-state index contributed by atoms with van der Waals surface area (Å²) in [6.45, 7) is 5.53. The van der Waals surface area contributed by atoms with Gasteiger partial charge in [0.05, 0.1) is 20.5 Å². The first kappa shape index (κ1) is 31.9. The number of carbonyl (C=O) groups is 1. The Bertz CT molecular complexity index is 1680. The van der Waals surface area contributed by atoms with Crippen LogP contribution in [0.4, 0.5) is 5.69 Å². The van der Waals surface area contributed by atoms with Crippen molar-refractivity contribution in [1.82, 2.24) is 10.1 Å². The molecule has 12 nitrogen and oxygen atoms in total. The van der Waals surface area contributed by atoms with Crippen molar-refractivity contribution in [3.05, 3.63) is 92.4 Å². The predicted molar refractivity (Wildman–Crippen MR) is 156 cm³/mol. The van der Waals surface area contributed by atoms with Gasteiger partial charge in [0.25, 0.3) is 11.6 Å². The van der Waals surface area contributed by atoms with Gasteiger partial charge < -0.3 is 4.18 Å². The molecule has 1 atom stereocenters. The smallest absolute Gasteiger partial charge is 0.339 e. The number of halogens is 1. The summed E-state index contributed by atoms with van der Waals surface area (Å²) >= 11 is 3.22. The molecule has 0 heterocycles. The molecule has 0 aliphatic rings. The minimum atomic E-state index is -4.37. The first-order valence-corrected chi connectivity index (χ1v) is 15.8. The zero-order valence-corrected chi connectivity index (χ0v) is 25.4. The van der Waals surface area contributed by atoms with Crippen molar-refractivity contribution in [3.8, 4) is 5.75 Å². The van der Waals surface area contributed by atoms with Gasteiger partial charge in [-0.05, 0) is 77.2 Å². The molecule has 0 radical (unpaired) electrons. The van der Waals surface area contributed by atoms with Crippen molar-refractivity contribution < 1.29 is 30.7 Å². The van der Waals surface area contributed by atoms with Crippen LogP contribution in [-0.4, -0.2) is 39.9 Å². The maximum absolute atomic E-state index is 12.8. The molecule has 0 fully saturated rings. The number of nitro groups is 1. The Balaban J connectivity index is 1.70. The fraction of sp³-hybridized carbons (Fsp3) is 0.231. The van der Waals surface area contributed by atoms with Crippen molar-refractivity contribution in [2.45, 2.75) is 43.0 Å². The van der Waals surface area contributed by atoms with Crippen molar-refractivity contribution in [2.75, 3.05) is 0 Å². The van der Waals surface area contributed by atoms with Gasteiger partial charge in [0.15, 0.2) is 5.75 Å². The van der Waals surface area contributed by atoms with E-state index < -0.39 is 42.7 Å². The van der Waals surface area contributed by atoms with Gasteiger partial charge in [-0.1, -0.05) is 37.6 Å². The summed E-state index contributed by atoms with van der Waals surface area (Å²) in [5.41, 5.74) is 3.27. The quantitative estimate of drug-likeness (QED) is 0.125. The molecule has 0 aromatic heterocycles. The summed E-state index contributed by atoms with van der Waals surface area (Å²) in [4.78, 5) is 22.7. The molecule has 0 saturated carbocycles. The van der Waals surface area contributed by atoms with Gasteiger partial charge in [0.2, 0.25) is 10.0 Å². The molecule has 0 aliphatic heterocycles. The summed E-state index contributed by atoms with van der Waals surface area (Å²) in [7, 11) is -8.33. The number of hydrazone groups is 1. The third kappa shape index (κ3) is 8.91. The van der Waals surface area contributed by atoms with Crippen LogP contribution in [0.5, 0.6) is 5.75 Å². The van der Waals surface area contributed by atoms with Crippen LogP contribution in [0.1, 0.15) is 31.4 Å². The average molecular weight is 668 g/mol. The topological polar surface area (TPSA) is 174 Å². The minimum Gasteiger partial charge on any atom is -0.378 e. The molecule has 1 amide bonds. The molecule has 2 N–H and O–H groups in total. The normalized spacial score (nSPS) is 12.8. The van der Waals surface area contributed by atoms with Crippen molar-refractivity contribution in [2.24, 2.45) is 11.0 Å². The van der Waals surface area contributed by atoms with Crippen LogP contribution in [0.2, 0.25) is 0 Å². The number of hydrogen-bond donors (Lipinski definition) is 2. The second kappa shape index (κ2) is 13.3. The molecule has 0 aliphatic carbocycles. The first-order chi connectivity index (χ1) is 19.2. The highest BCUT2D eigenvalue weighted by molar-refractivity contribution is 9.10.